The zero-order valence-corrected chi connectivity index (χ0v) is 34.0. The number of anilines is 1. The van der Waals surface area contributed by atoms with E-state index in [2.05, 4.69) is 43.7 Å². The number of halogens is 1. The van der Waals surface area contributed by atoms with E-state index in [4.69, 9.17) is 21.1 Å². The van der Waals surface area contributed by atoms with Gasteiger partial charge >= 0.3 is 0 Å². The van der Waals surface area contributed by atoms with Crippen molar-refractivity contribution in [1.29, 1.82) is 0 Å². The summed E-state index contributed by atoms with van der Waals surface area (Å²) in [5, 5.41) is -0.333. The average molecular weight is 793 g/mol. The Morgan fingerprint density at radius 2 is 1.93 bits per heavy atom. The van der Waals surface area contributed by atoms with Crippen molar-refractivity contribution >= 4 is 39.5 Å². The van der Waals surface area contributed by atoms with Crippen molar-refractivity contribution in [2.75, 3.05) is 64.4 Å². The normalized spacial score (nSPS) is 34.5. The van der Waals surface area contributed by atoms with Crippen molar-refractivity contribution < 1.29 is 27.5 Å². The van der Waals surface area contributed by atoms with E-state index in [0.717, 1.165) is 75.5 Å². The number of methoxy groups -OCH3 is 1. The summed E-state index contributed by atoms with van der Waals surface area (Å²) in [5.41, 5.74) is 2.69. The molecule has 7 atom stereocenters. The monoisotopic (exact) mass is 792 g/mol. The topological polar surface area (TPSA) is 108 Å². The van der Waals surface area contributed by atoms with Crippen LogP contribution in [0, 0.1) is 17.8 Å². The first-order valence-electron chi connectivity index (χ1n) is 20.5. The quantitative estimate of drug-likeness (QED) is 0.288. The van der Waals surface area contributed by atoms with E-state index in [1.54, 1.807) is 12.1 Å². The molecule has 12 heteroatoms. The molecule has 0 radical (unpaired) electrons. The van der Waals surface area contributed by atoms with Crippen LogP contribution in [0.4, 0.5) is 5.69 Å². The molecule has 0 aromatic heterocycles. The van der Waals surface area contributed by atoms with Gasteiger partial charge in [0.2, 0.25) is 10.0 Å². The molecule has 2 saturated heterocycles. The molecule has 1 amide bonds. The first kappa shape index (κ1) is 38.9. The molecule has 1 spiro atoms. The van der Waals surface area contributed by atoms with E-state index in [0.29, 0.717) is 43.6 Å². The third-order valence-electron chi connectivity index (χ3n) is 14.1. The Labute approximate surface area is 332 Å². The van der Waals surface area contributed by atoms with Gasteiger partial charge < -0.3 is 19.2 Å². The van der Waals surface area contributed by atoms with Crippen LogP contribution in [0.1, 0.15) is 86.2 Å². The van der Waals surface area contributed by atoms with Gasteiger partial charge in [-0.15, -0.1) is 0 Å². The van der Waals surface area contributed by atoms with Crippen molar-refractivity contribution in [1.82, 2.24) is 14.5 Å². The number of ether oxygens (including phenoxy) is 2. The Bertz CT molecular complexity index is 1910. The first-order valence-corrected chi connectivity index (χ1v) is 22.4. The fourth-order valence-electron chi connectivity index (χ4n) is 10.9. The third kappa shape index (κ3) is 7.61. The number of amides is 1. The van der Waals surface area contributed by atoms with Crippen LogP contribution in [0.15, 0.2) is 48.6 Å². The largest absolute Gasteiger partial charge is 0.490 e. The predicted molar refractivity (Wildman–Crippen MR) is 216 cm³/mol. The molecule has 2 aromatic rings. The Morgan fingerprint density at radius 3 is 2.73 bits per heavy atom. The summed E-state index contributed by atoms with van der Waals surface area (Å²) in [6.45, 7) is 8.82. The van der Waals surface area contributed by atoms with Gasteiger partial charge in [-0.25, -0.2) is 13.1 Å². The molecule has 4 aliphatic heterocycles. The number of fused-ring (bicyclic) bond motifs is 5. The molecular weight excluding hydrogens is 736 g/mol. The maximum Gasteiger partial charge on any atom is 0.264 e. The van der Waals surface area contributed by atoms with Crippen LogP contribution in [0.2, 0.25) is 5.02 Å². The number of carbonyl (C=O) groups is 2. The Balaban J connectivity index is 1.20. The second-order valence-corrected chi connectivity index (χ2v) is 19.7. The van der Waals surface area contributed by atoms with Gasteiger partial charge in [-0.3, -0.25) is 14.6 Å². The zero-order chi connectivity index (χ0) is 38.4. The number of piperazine rings is 1. The Morgan fingerprint density at radius 1 is 1.05 bits per heavy atom. The van der Waals surface area contributed by atoms with Crippen molar-refractivity contribution in [3.8, 4) is 5.75 Å². The van der Waals surface area contributed by atoms with E-state index in [1.165, 1.54) is 36.9 Å². The molecule has 3 fully saturated rings. The number of allylic oxidation sites excluding steroid dienone is 1. The predicted octanol–water partition coefficient (Wildman–Crippen LogP) is 6.01. The molecule has 298 valence electrons. The number of nitrogens with zero attached hydrogens (tertiary/aromatic N) is 3. The standard InChI is InChI=1S/C43H57ClN4O6S/c1-30-7-5-18-43(53-2,28-46-20-21-47-19-4-3-9-35(47)26-46)37-13-10-33(37)25-48-27-42(17-6-8-31-23-34(44)12-14-36(31)42)29-54-39-15-11-32(24-38(39)48)41(50)45-55(51,52)40(30)16-22-49/h5,11-12,14-15,18,22-24,30,33,35,37,40H,3-4,6-10,13,16-17,19-21,25-29H2,1-2H3,(H,45,50)/b18-5+/t30-,33-,35+,37+,40+,42-,43-/m0/s1. The van der Waals surface area contributed by atoms with Crippen LogP contribution in [0.25, 0.3) is 0 Å². The smallest absolute Gasteiger partial charge is 0.264 e. The highest BCUT2D eigenvalue weighted by molar-refractivity contribution is 7.90. The number of rotatable bonds is 5. The van der Waals surface area contributed by atoms with Gasteiger partial charge in [0.1, 0.15) is 17.6 Å². The van der Waals surface area contributed by atoms with Crippen molar-refractivity contribution in [2.45, 2.75) is 93.4 Å². The number of sulfonamides is 1. The first-order chi connectivity index (χ1) is 26.5. The molecule has 6 aliphatic rings. The molecular formula is C43H57ClN4O6S. The summed E-state index contributed by atoms with van der Waals surface area (Å²) in [4.78, 5) is 33.3. The van der Waals surface area contributed by atoms with E-state index < -0.39 is 32.7 Å². The van der Waals surface area contributed by atoms with Crippen LogP contribution < -0.4 is 14.4 Å². The van der Waals surface area contributed by atoms with Crippen molar-refractivity contribution in [3.05, 3.63) is 70.3 Å². The van der Waals surface area contributed by atoms with Crippen molar-refractivity contribution in [2.24, 2.45) is 17.8 Å². The van der Waals surface area contributed by atoms with E-state index in [9.17, 15) is 18.0 Å². The maximum atomic E-state index is 13.9. The summed E-state index contributed by atoms with van der Waals surface area (Å²) < 4.78 is 43.5. The van der Waals surface area contributed by atoms with E-state index in [1.807, 2.05) is 26.2 Å². The van der Waals surface area contributed by atoms with Crippen molar-refractivity contribution in [3.63, 3.8) is 0 Å². The molecule has 2 aliphatic carbocycles. The molecule has 55 heavy (non-hydrogen) atoms. The highest BCUT2D eigenvalue weighted by Gasteiger charge is 2.50. The number of aryl methyl sites for hydroxylation is 1. The second kappa shape index (κ2) is 15.8. The van der Waals surface area contributed by atoms with Gasteiger partial charge in [-0.1, -0.05) is 43.2 Å². The lowest BCUT2D eigenvalue weighted by Gasteiger charge is -2.53. The lowest BCUT2D eigenvalue weighted by molar-refractivity contribution is -0.108. The Kier molecular flexibility index (Phi) is 11.1. The summed E-state index contributed by atoms with van der Waals surface area (Å²) in [7, 11) is -2.36. The molecule has 8 rings (SSSR count). The van der Waals surface area contributed by atoms with Crippen LogP contribution in [-0.2, 0) is 31.4 Å². The van der Waals surface area contributed by atoms with Crippen LogP contribution in [0.5, 0.6) is 5.75 Å². The van der Waals surface area contributed by atoms with Crippen LogP contribution in [-0.4, -0.2) is 107 Å². The number of hydrogen-bond donors (Lipinski definition) is 1. The molecule has 2 aromatic carbocycles. The number of piperidine rings is 1. The lowest BCUT2D eigenvalue weighted by Crippen LogP contribution is -2.61. The fourth-order valence-corrected chi connectivity index (χ4v) is 12.7. The minimum atomic E-state index is -4.20. The van der Waals surface area contributed by atoms with Gasteiger partial charge in [0.25, 0.3) is 5.91 Å². The third-order valence-corrected chi connectivity index (χ3v) is 16.2. The number of aldehydes is 1. The summed E-state index contributed by atoms with van der Waals surface area (Å²) in [6.07, 6.45) is 14.0. The van der Waals surface area contributed by atoms with Gasteiger partial charge in [-0.05, 0) is 117 Å². The zero-order valence-electron chi connectivity index (χ0n) is 32.4. The SMILES string of the molecule is CO[C@]1(CN2CCN3CCCC[C@@H]3C2)/C=C/C[C@H](C)[C@@H](CC=O)S(=O)(=O)NC(=O)c2ccc3c(c2)N(C[C@@H]2CC[C@H]21)C[C@@]1(CCCc2cc(Cl)ccc21)CO3. The highest BCUT2D eigenvalue weighted by Crippen LogP contribution is 2.49. The minimum Gasteiger partial charge on any atom is -0.490 e. The molecule has 1 N–H and O–H groups in total. The summed E-state index contributed by atoms with van der Waals surface area (Å²) >= 11 is 6.51. The molecule has 0 unspecified atom stereocenters. The van der Waals surface area contributed by atoms with Gasteiger partial charge in [-0.2, -0.15) is 0 Å². The molecule has 2 bridgehead atoms. The summed E-state index contributed by atoms with van der Waals surface area (Å²) in [5.74, 6) is 0.0944. The average Bonchev–Trinajstić information content (AvgIpc) is 3.31. The number of nitrogens with one attached hydrogen (secondary N) is 1. The highest BCUT2D eigenvalue weighted by atomic mass is 35.5. The van der Waals surface area contributed by atoms with Gasteiger partial charge in [0, 0.05) is 74.8 Å². The minimum absolute atomic E-state index is 0.204. The number of benzene rings is 2. The fraction of sp³-hybridized carbons (Fsp3) is 0.628. The van der Waals surface area contributed by atoms with Crippen LogP contribution in [0.3, 0.4) is 0 Å². The van der Waals surface area contributed by atoms with E-state index >= 15 is 0 Å². The second-order valence-electron chi connectivity index (χ2n) is 17.3. The van der Waals surface area contributed by atoms with Gasteiger partial charge in [0.15, 0.2) is 0 Å². The number of carbonyl (C=O) groups excluding carboxylic acids is 2. The van der Waals surface area contributed by atoms with Crippen LogP contribution >= 0.6 is 11.6 Å². The van der Waals surface area contributed by atoms with E-state index in [-0.39, 0.29) is 23.3 Å². The Hall–Kier alpha value is -2.96. The molecule has 1 saturated carbocycles. The molecule has 10 nitrogen and oxygen atoms in total. The maximum absolute atomic E-state index is 13.9. The summed E-state index contributed by atoms with van der Waals surface area (Å²) in [6, 6.07) is 12.1. The number of hydrogen-bond acceptors (Lipinski definition) is 9. The lowest BCUT2D eigenvalue weighted by atomic mass is 9.63. The molecule has 4 heterocycles. The van der Waals surface area contributed by atoms with Gasteiger partial charge in [0.05, 0.1) is 17.5 Å².